The van der Waals surface area contributed by atoms with Crippen molar-refractivity contribution < 1.29 is 9.32 Å². The summed E-state index contributed by atoms with van der Waals surface area (Å²) in [6, 6.07) is 14.7. The van der Waals surface area contributed by atoms with Gasteiger partial charge in [0, 0.05) is 56.4 Å². The third-order valence-corrected chi connectivity index (χ3v) is 5.14. The summed E-state index contributed by atoms with van der Waals surface area (Å²) in [6.07, 6.45) is 5.07. The first-order valence-corrected chi connectivity index (χ1v) is 10.2. The maximum atomic E-state index is 12.8. The van der Waals surface area contributed by atoms with Gasteiger partial charge in [-0.15, -0.1) is 10.2 Å². The molecule has 5 heterocycles. The monoisotopic (exact) mass is 428 g/mol. The van der Waals surface area contributed by atoms with Crippen LogP contribution in [0.25, 0.3) is 11.3 Å². The van der Waals surface area contributed by atoms with Crippen LogP contribution < -0.4 is 10.2 Å². The number of piperazine rings is 1. The van der Waals surface area contributed by atoms with Crippen LogP contribution in [0.4, 0.5) is 17.5 Å². The van der Waals surface area contributed by atoms with E-state index >= 15 is 0 Å². The van der Waals surface area contributed by atoms with Gasteiger partial charge in [0.05, 0.1) is 0 Å². The van der Waals surface area contributed by atoms with Crippen LogP contribution in [-0.2, 0) is 0 Å². The van der Waals surface area contributed by atoms with Crippen LogP contribution in [-0.4, -0.2) is 62.3 Å². The van der Waals surface area contributed by atoms with Crippen LogP contribution in [0, 0.1) is 0 Å². The Morgan fingerprint density at radius 2 is 1.84 bits per heavy atom. The summed E-state index contributed by atoms with van der Waals surface area (Å²) >= 11 is 0. The molecule has 0 bridgehead atoms. The van der Waals surface area contributed by atoms with Crippen molar-refractivity contribution in [3.8, 4) is 11.3 Å². The van der Waals surface area contributed by atoms with Gasteiger partial charge in [0.15, 0.2) is 23.1 Å². The van der Waals surface area contributed by atoms with E-state index in [0.29, 0.717) is 49.3 Å². The van der Waals surface area contributed by atoms with E-state index in [-0.39, 0.29) is 5.91 Å². The molecule has 1 amide bonds. The van der Waals surface area contributed by atoms with Crippen molar-refractivity contribution in [1.82, 2.24) is 30.2 Å². The number of nitrogens with zero attached hydrogens (tertiary/aromatic N) is 7. The van der Waals surface area contributed by atoms with Gasteiger partial charge in [0.2, 0.25) is 0 Å². The first-order chi connectivity index (χ1) is 15.8. The quantitative estimate of drug-likeness (QED) is 0.512. The molecule has 1 aliphatic heterocycles. The van der Waals surface area contributed by atoms with Crippen molar-refractivity contribution >= 4 is 23.4 Å². The maximum Gasteiger partial charge on any atom is 0.276 e. The zero-order valence-electron chi connectivity index (χ0n) is 17.1. The largest absolute Gasteiger partial charge is 0.355 e. The highest BCUT2D eigenvalue weighted by atomic mass is 16.5. The van der Waals surface area contributed by atoms with Crippen LogP contribution in [0.3, 0.4) is 0 Å². The summed E-state index contributed by atoms with van der Waals surface area (Å²) in [7, 11) is 0. The maximum absolute atomic E-state index is 12.8. The van der Waals surface area contributed by atoms with E-state index in [1.54, 1.807) is 29.6 Å². The number of rotatable bonds is 5. The third kappa shape index (κ3) is 4.24. The highest BCUT2D eigenvalue weighted by Gasteiger charge is 2.25. The summed E-state index contributed by atoms with van der Waals surface area (Å²) < 4.78 is 5.33. The zero-order chi connectivity index (χ0) is 21.8. The molecule has 1 saturated heterocycles. The normalized spacial score (nSPS) is 13.8. The van der Waals surface area contributed by atoms with Crippen molar-refractivity contribution in [2.75, 3.05) is 36.4 Å². The van der Waals surface area contributed by atoms with Gasteiger partial charge in [-0.3, -0.25) is 9.78 Å². The van der Waals surface area contributed by atoms with Crippen molar-refractivity contribution in [2.45, 2.75) is 0 Å². The molecule has 32 heavy (non-hydrogen) atoms. The molecule has 0 unspecified atom stereocenters. The Bertz CT molecular complexity index is 1170. The molecule has 4 aromatic heterocycles. The number of carbonyl (C=O) groups excluding carboxylic acids is 1. The number of hydrogen-bond donors (Lipinski definition) is 1. The summed E-state index contributed by atoms with van der Waals surface area (Å²) in [5, 5.41) is 15.6. The van der Waals surface area contributed by atoms with Crippen LogP contribution in [0.15, 0.2) is 71.6 Å². The second-order valence-electron chi connectivity index (χ2n) is 7.21. The van der Waals surface area contributed by atoms with Crippen LogP contribution in [0.1, 0.15) is 10.5 Å². The topological polar surface area (TPSA) is 113 Å². The average Bonchev–Trinajstić information content (AvgIpc) is 3.36. The molecule has 4 aromatic rings. The molecule has 1 N–H and O–H groups in total. The van der Waals surface area contributed by atoms with Gasteiger partial charge < -0.3 is 19.6 Å². The Balaban J connectivity index is 1.18. The molecule has 160 valence electrons. The molecule has 1 fully saturated rings. The molecule has 0 atom stereocenters. The van der Waals surface area contributed by atoms with Gasteiger partial charge in [-0.2, -0.15) is 0 Å². The smallest absolute Gasteiger partial charge is 0.276 e. The Kier molecular flexibility index (Phi) is 5.39. The van der Waals surface area contributed by atoms with E-state index < -0.39 is 0 Å². The molecule has 0 spiro atoms. The van der Waals surface area contributed by atoms with Crippen LogP contribution in [0.2, 0.25) is 0 Å². The fourth-order valence-electron chi connectivity index (χ4n) is 3.45. The van der Waals surface area contributed by atoms with E-state index in [0.717, 1.165) is 11.4 Å². The van der Waals surface area contributed by atoms with E-state index in [4.69, 9.17) is 4.52 Å². The fraction of sp³-hybridized carbons (Fsp3) is 0.182. The van der Waals surface area contributed by atoms with Gasteiger partial charge in [-0.05, 0) is 36.4 Å². The van der Waals surface area contributed by atoms with E-state index in [2.05, 4.69) is 35.5 Å². The second-order valence-corrected chi connectivity index (χ2v) is 7.21. The molecule has 10 nitrogen and oxygen atoms in total. The lowest BCUT2D eigenvalue weighted by Crippen LogP contribution is -2.49. The molecule has 0 radical (unpaired) electrons. The molecular weight excluding hydrogens is 408 g/mol. The summed E-state index contributed by atoms with van der Waals surface area (Å²) in [4.78, 5) is 25.0. The lowest BCUT2D eigenvalue weighted by molar-refractivity contribution is 0.0736. The summed E-state index contributed by atoms with van der Waals surface area (Å²) in [6.45, 7) is 2.43. The molecule has 0 saturated carbocycles. The first-order valence-electron chi connectivity index (χ1n) is 10.2. The van der Waals surface area contributed by atoms with Crippen LogP contribution in [0.5, 0.6) is 0 Å². The fourth-order valence-corrected chi connectivity index (χ4v) is 3.45. The number of pyridine rings is 2. The minimum atomic E-state index is -0.149. The van der Waals surface area contributed by atoms with E-state index in [1.165, 1.54) is 0 Å². The predicted molar refractivity (Wildman–Crippen MR) is 117 cm³/mol. The number of carbonyl (C=O) groups is 1. The Labute approximate surface area is 183 Å². The number of aromatic nitrogens is 5. The minimum Gasteiger partial charge on any atom is -0.355 e. The number of anilines is 3. The SMILES string of the molecule is O=C(c1cc(-c2cccnc2)on1)N1CCN(c2ccc(Nc3ccccn3)nn2)CC1. The second kappa shape index (κ2) is 8.80. The zero-order valence-corrected chi connectivity index (χ0v) is 17.1. The van der Waals surface area contributed by atoms with Crippen molar-refractivity contribution in [3.63, 3.8) is 0 Å². The van der Waals surface area contributed by atoms with Gasteiger partial charge in [0.25, 0.3) is 5.91 Å². The van der Waals surface area contributed by atoms with Gasteiger partial charge in [-0.25, -0.2) is 4.98 Å². The predicted octanol–water partition coefficient (Wildman–Crippen LogP) is 2.63. The van der Waals surface area contributed by atoms with Gasteiger partial charge >= 0.3 is 0 Å². The lowest BCUT2D eigenvalue weighted by atomic mass is 10.2. The highest BCUT2D eigenvalue weighted by Crippen LogP contribution is 2.21. The van der Waals surface area contributed by atoms with E-state index in [9.17, 15) is 4.79 Å². The minimum absolute atomic E-state index is 0.149. The molecule has 5 rings (SSSR count). The first kappa shape index (κ1) is 19.6. The van der Waals surface area contributed by atoms with E-state index in [1.807, 2.05) is 42.5 Å². The summed E-state index contributed by atoms with van der Waals surface area (Å²) in [5.41, 5.74) is 1.07. The summed E-state index contributed by atoms with van der Waals surface area (Å²) in [5.74, 6) is 2.47. The molecule has 0 aliphatic carbocycles. The van der Waals surface area contributed by atoms with Crippen LogP contribution >= 0.6 is 0 Å². The standard InChI is InChI=1S/C22H20N8O2/c31-22(17-14-18(32-28-17)16-4-3-8-23-15-16)30-12-10-29(11-13-30)21-7-6-20(26-27-21)25-19-5-1-2-9-24-19/h1-9,14-15H,10-13H2,(H,24,25,26). The van der Waals surface area contributed by atoms with Crippen molar-refractivity contribution in [3.05, 3.63) is 72.8 Å². The lowest BCUT2D eigenvalue weighted by Gasteiger charge is -2.34. The number of nitrogens with one attached hydrogen (secondary N) is 1. The Morgan fingerprint density at radius 1 is 0.938 bits per heavy atom. The van der Waals surface area contributed by atoms with Crippen molar-refractivity contribution in [1.29, 1.82) is 0 Å². The average molecular weight is 428 g/mol. The number of amides is 1. The van der Waals surface area contributed by atoms with Gasteiger partial charge in [-0.1, -0.05) is 11.2 Å². The molecule has 0 aromatic carbocycles. The molecular formula is C22H20N8O2. The Morgan fingerprint density at radius 3 is 2.56 bits per heavy atom. The Hall–Kier alpha value is -4.34. The number of hydrogen-bond acceptors (Lipinski definition) is 9. The van der Waals surface area contributed by atoms with Crippen molar-refractivity contribution in [2.24, 2.45) is 0 Å². The third-order valence-electron chi connectivity index (χ3n) is 5.14. The highest BCUT2D eigenvalue weighted by molar-refractivity contribution is 5.93. The molecule has 10 heteroatoms. The van der Waals surface area contributed by atoms with Gasteiger partial charge in [0.1, 0.15) is 5.82 Å². The molecule has 1 aliphatic rings.